The van der Waals surface area contributed by atoms with Gasteiger partial charge in [0, 0.05) is 11.9 Å². The Hall–Kier alpha value is -4.32. The number of benzene rings is 2. The minimum Gasteiger partial charge on any atom is -0.360 e. The number of hydrogen-bond acceptors (Lipinski definition) is 7. The highest BCUT2D eigenvalue weighted by atomic mass is 16.2. The fraction of sp³-hybridized carbons (Fsp3) is 0.0526. The van der Waals surface area contributed by atoms with E-state index in [9.17, 15) is 9.59 Å². The summed E-state index contributed by atoms with van der Waals surface area (Å²) in [5.74, 6) is -0.383. The third-order valence-corrected chi connectivity index (χ3v) is 4.26. The van der Waals surface area contributed by atoms with Crippen LogP contribution in [-0.4, -0.2) is 37.3 Å². The van der Waals surface area contributed by atoms with E-state index < -0.39 is 0 Å². The fourth-order valence-electron chi connectivity index (χ4n) is 2.85. The van der Waals surface area contributed by atoms with Crippen molar-refractivity contribution in [1.82, 2.24) is 25.5 Å². The Morgan fingerprint density at radius 2 is 1.79 bits per heavy atom. The average molecular weight is 371 g/mol. The highest BCUT2D eigenvalue weighted by Gasteiger charge is 2.34. The molecule has 0 fully saturated rings. The molecule has 0 atom stereocenters. The molecule has 2 amide bonds. The van der Waals surface area contributed by atoms with Crippen molar-refractivity contribution in [2.24, 2.45) is 0 Å². The van der Waals surface area contributed by atoms with Crippen LogP contribution in [0.5, 0.6) is 0 Å². The minimum atomic E-state index is -0.287. The van der Waals surface area contributed by atoms with E-state index in [1.54, 1.807) is 48.5 Å². The fourth-order valence-corrected chi connectivity index (χ4v) is 2.85. The summed E-state index contributed by atoms with van der Waals surface area (Å²) in [5, 5.41) is 25.4. The molecule has 3 aromatic rings. The number of nitriles is 1. The lowest BCUT2D eigenvalue weighted by Crippen LogP contribution is -2.29. The van der Waals surface area contributed by atoms with Gasteiger partial charge in [0.15, 0.2) is 0 Å². The van der Waals surface area contributed by atoms with Gasteiger partial charge in [-0.3, -0.25) is 14.5 Å². The maximum Gasteiger partial charge on any atom is 0.261 e. The summed E-state index contributed by atoms with van der Waals surface area (Å²) >= 11 is 0. The number of amides is 2. The van der Waals surface area contributed by atoms with Crippen molar-refractivity contribution in [3.05, 3.63) is 77.2 Å². The molecule has 0 spiro atoms. The number of rotatable bonds is 5. The number of aromatic amines is 1. The Balaban J connectivity index is 1.45. The van der Waals surface area contributed by atoms with Crippen molar-refractivity contribution in [3.8, 4) is 6.07 Å². The van der Waals surface area contributed by atoms with Gasteiger partial charge in [0.2, 0.25) is 5.82 Å². The van der Waals surface area contributed by atoms with Gasteiger partial charge < -0.3 is 5.32 Å². The number of tetrazole rings is 1. The molecule has 0 saturated heterocycles. The lowest BCUT2D eigenvalue weighted by atomic mass is 10.1. The number of carbonyl (C=O) groups excluding carboxylic acids is 2. The van der Waals surface area contributed by atoms with Crippen molar-refractivity contribution >= 4 is 23.1 Å². The van der Waals surface area contributed by atoms with Crippen molar-refractivity contribution in [1.29, 1.82) is 5.26 Å². The van der Waals surface area contributed by atoms with E-state index in [2.05, 4.69) is 25.9 Å². The van der Waals surface area contributed by atoms with Crippen LogP contribution in [0.3, 0.4) is 0 Å². The van der Waals surface area contributed by atoms with E-state index in [4.69, 9.17) is 5.26 Å². The predicted molar refractivity (Wildman–Crippen MR) is 98.5 cm³/mol. The van der Waals surface area contributed by atoms with Gasteiger partial charge in [0.05, 0.1) is 17.7 Å². The maximum atomic E-state index is 12.4. The largest absolute Gasteiger partial charge is 0.360 e. The summed E-state index contributed by atoms with van der Waals surface area (Å²) in [4.78, 5) is 26.1. The lowest BCUT2D eigenvalue weighted by molar-refractivity contribution is 0.0642. The Bertz CT molecular complexity index is 1080. The van der Waals surface area contributed by atoms with Gasteiger partial charge in [0.1, 0.15) is 11.6 Å². The van der Waals surface area contributed by atoms with E-state index in [0.717, 1.165) is 11.3 Å². The van der Waals surface area contributed by atoms with Crippen molar-refractivity contribution < 1.29 is 9.59 Å². The summed E-state index contributed by atoms with van der Waals surface area (Å²) < 4.78 is 0. The molecule has 0 saturated carbocycles. The molecule has 9 nitrogen and oxygen atoms in total. The molecule has 0 bridgehead atoms. The Kier molecular flexibility index (Phi) is 4.35. The second-order valence-electron chi connectivity index (χ2n) is 5.99. The first-order valence-electron chi connectivity index (χ1n) is 8.32. The molecule has 28 heavy (non-hydrogen) atoms. The quantitative estimate of drug-likeness (QED) is 0.518. The number of allylic oxidation sites excluding steroid dienone is 1. The van der Waals surface area contributed by atoms with Crippen LogP contribution in [0.2, 0.25) is 0 Å². The molecule has 2 aromatic carbocycles. The molecular formula is C19H13N7O2. The molecule has 2 N–H and O–H groups in total. The predicted octanol–water partition coefficient (Wildman–Crippen LogP) is 1.97. The average Bonchev–Trinajstić information content (AvgIpc) is 3.34. The second-order valence-corrected chi connectivity index (χ2v) is 5.99. The normalized spacial score (nSPS) is 13.4. The highest BCUT2D eigenvalue weighted by Crippen LogP contribution is 2.24. The van der Waals surface area contributed by atoms with Crippen LogP contribution in [-0.2, 0) is 6.54 Å². The lowest BCUT2D eigenvalue weighted by Gasteiger charge is -2.14. The zero-order valence-electron chi connectivity index (χ0n) is 14.5. The molecule has 1 aromatic heterocycles. The van der Waals surface area contributed by atoms with Gasteiger partial charge in [-0.1, -0.05) is 24.3 Å². The Morgan fingerprint density at radius 3 is 2.36 bits per heavy atom. The molecule has 9 heteroatoms. The van der Waals surface area contributed by atoms with Crippen molar-refractivity contribution in [2.75, 3.05) is 5.32 Å². The summed E-state index contributed by atoms with van der Waals surface area (Å²) in [6, 6.07) is 16.0. The Morgan fingerprint density at radius 1 is 1.11 bits per heavy atom. The van der Waals surface area contributed by atoms with Crippen LogP contribution in [0.15, 0.2) is 54.7 Å². The van der Waals surface area contributed by atoms with Crippen molar-refractivity contribution in [3.63, 3.8) is 0 Å². The standard InChI is InChI=1S/C19H13N7O2/c20-9-13(17-22-24-25-23-17)10-21-14-7-5-12(6-8-14)11-26-18(27)15-3-1-2-4-16(15)19(26)28/h1-8,10,21H,11H2,(H,22,23,24,25). The molecule has 0 aliphatic carbocycles. The number of imide groups is 1. The summed E-state index contributed by atoms with van der Waals surface area (Å²) in [7, 11) is 0. The summed E-state index contributed by atoms with van der Waals surface area (Å²) in [6.45, 7) is 0.189. The first-order chi connectivity index (χ1) is 13.7. The number of carbonyl (C=O) groups is 2. The van der Waals surface area contributed by atoms with E-state index in [0.29, 0.717) is 11.1 Å². The van der Waals surface area contributed by atoms with Gasteiger partial charge in [-0.15, -0.1) is 10.2 Å². The monoisotopic (exact) mass is 371 g/mol. The maximum absolute atomic E-state index is 12.4. The second kappa shape index (κ2) is 7.13. The van der Waals surface area contributed by atoms with Gasteiger partial charge in [-0.2, -0.15) is 10.5 Å². The van der Waals surface area contributed by atoms with Crippen LogP contribution in [0.25, 0.3) is 5.57 Å². The van der Waals surface area contributed by atoms with Crippen molar-refractivity contribution in [2.45, 2.75) is 6.54 Å². The van der Waals surface area contributed by atoms with Crippen LogP contribution in [0.4, 0.5) is 5.69 Å². The smallest absolute Gasteiger partial charge is 0.261 e. The summed E-state index contributed by atoms with van der Waals surface area (Å²) in [6.07, 6.45) is 1.48. The van der Waals surface area contributed by atoms with Crippen LogP contribution in [0.1, 0.15) is 32.1 Å². The highest BCUT2D eigenvalue weighted by molar-refractivity contribution is 6.21. The molecule has 0 unspecified atom stereocenters. The molecule has 2 heterocycles. The minimum absolute atomic E-state index is 0.189. The van der Waals surface area contributed by atoms with Crippen LogP contribution < -0.4 is 5.32 Å². The molecule has 1 aliphatic rings. The van der Waals surface area contributed by atoms with E-state index in [1.807, 2.05) is 6.07 Å². The molecular weight excluding hydrogens is 358 g/mol. The van der Waals surface area contributed by atoms with E-state index in [-0.39, 0.29) is 29.8 Å². The van der Waals surface area contributed by atoms with E-state index in [1.165, 1.54) is 11.1 Å². The number of fused-ring (bicyclic) bond motifs is 1. The molecule has 136 valence electrons. The van der Waals surface area contributed by atoms with Crippen LogP contribution in [0, 0.1) is 11.3 Å². The molecule has 0 radical (unpaired) electrons. The first-order valence-corrected chi connectivity index (χ1v) is 8.32. The van der Waals surface area contributed by atoms with Gasteiger partial charge >= 0.3 is 0 Å². The van der Waals surface area contributed by atoms with Gasteiger partial charge in [-0.25, -0.2) is 0 Å². The third-order valence-electron chi connectivity index (χ3n) is 4.26. The zero-order valence-corrected chi connectivity index (χ0v) is 14.5. The SMILES string of the molecule is N#CC(=CNc1ccc(CN2C(=O)c3ccccc3C2=O)cc1)c1nn[nH]n1. The topological polar surface area (TPSA) is 128 Å². The Labute approximate surface area is 159 Å². The van der Waals surface area contributed by atoms with E-state index >= 15 is 0 Å². The number of anilines is 1. The number of nitrogens with one attached hydrogen (secondary N) is 2. The zero-order chi connectivity index (χ0) is 19.5. The molecule has 4 rings (SSSR count). The number of aromatic nitrogens is 4. The molecule has 1 aliphatic heterocycles. The first kappa shape index (κ1) is 17.1. The van der Waals surface area contributed by atoms with Crippen LogP contribution >= 0.6 is 0 Å². The number of H-pyrrole nitrogens is 1. The number of hydrogen-bond donors (Lipinski definition) is 2. The summed E-state index contributed by atoms with van der Waals surface area (Å²) in [5.41, 5.74) is 2.62. The van der Waals surface area contributed by atoms with Gasteiger partial charge in [0.25, 0.3) is 11.8 Å². The third kappa shape index (κ3) is 3.10. The van der Waals surface area contributed by atoms with Gasteiger partial charge in [-0.05, 0) is 35.0 Å². The number of nitrogens with zero attached hydrogens (tertiary/aromatic N) is 5.